The molecule has 27 heavy (non-hydrogen) atoms. The smallest absolute Gasteiger partial charge is 0.342 e. The Hall–Kier alpha value is -1.71. The van der Waals surface area contributed by atoms with Crippen molar-refractivity contribution in [1.29, 1.82) is 5.26 Å². The fourth-order valence-corrected chi connectivity index (χ4v) is 4.23. The van der Waals surface area contributed by atoms with Crippen LogP contribution in [-0.4, -0.2) is 29.1 Å². The molecule has 5 nitrogen and oxygen atoms in total. The molecule has 2 rings (SSSR count). The Kier molecular flexibility index (Phi) is 8.46. The molecule has 1 fully saturated rings. The van der Waals surface area contributed by atoms with Crippen LogP contribution >= 0.6 is 23.4 Å². The van der Waals surface area contributed by atoms with Crippen LogP contribution in [0.3, 0.4) is 0 Å². The molecule has 1 aliphatic heterocycles. The fourth-order valence-electron chi connectivity index (χ4n) is 2.99. The van der Waals surface area contributed by atoms with E-state index in [1.165, 1.54) is 18.2 Å². The number of carbonyl (C=O) groups is 1. The van der Waals surface area contributed by atoms with Crippen LogP contribution in [0.4, 0.5) is 5.82 Å². The van der Waals surface area contributed by atoms with E-state index in [4.69, 9.17) is 16.9 Å². The van der Waals surface area contributed by atoms with Gasteiger partial charge in [-0.15, -0.1) is 0 Å². The minimum absolute atomic E-state index is 0.00193. The second kappa shape index (κ2) is 10.6. The summed E-state index contributed by atoms with van der Waals surface area (Å²) in [4.78, 5) is 19.0. The number of carboxylic acid groups (broad SMARTS) is 1. The van der Waals surface area contributed by atoms with Crippen molar-refractivity contribution in [3.8, 4) is 6.07 Å². The highest BCUT2D eigenvalue weighted by Crippen LogP contribution is 2.39. The van der Waals surface area contributed by atoms with E-state index in [9.17, 15) is 9.90 Å². The summed E-state index contributed by atoms with van der Waals surface area (Å²) in [6.45, 7) is 5.46. The average Bonchev–Trinajstić information content (AvgIpc) is 2.61. The SMILES string of the molecule is CCCCCC(C=C(Sc1ccnc(N2CC(C#N)C2)c1Cl)C(=O)O)CC. The number of carboxylic acids is 1. The molecular weight excluding hydrogens is 382 g/mol. The van der Waals surface area contributed by atoms with E-state index in [2.05, 4.69) is 24.9 Å². The van der Waals surface area contributed by atoms with E-state index in [0.717, 1.165) is 25.7 Å². The van der Waals surface area contributed by atoms with Gasteiger partial charge in [0, 0.05) is 24.2 Å². The van der Waals surface area contributed by atoms with E-state index in [-0.39, 0.29) is 11.8 Å². The molecule has 1 atom stereocenters. The number of nitriles is 1. The van der Waals surface area contributed by atoms with Crippen molar-refractivity contribution >= 4 is 35.1 Å². The Bertz CT molecular complexity index is 726. The van der Waals surface area contributed by atoms with Gasteiger partial charge in [0.05, 0.1) is 21.9 Å². The number of aromatic nitrogens is 1. The lowest BCUT2D eigenvalue weighted by molar-refractivity contribution is -0.131. The molecule has 1 aromatic rings. The summed E-state index contributed by atoms with van der Waals surface area (Å²) >= 11 is 7.68. The van der Waals surface area contributed by atoms with Crippen LogP contribution in [0.1, 0.15) is 46.0 Å². The van der Waals surface area contributed by atoms with Gasteiger partial charge in [0.1, 0.15) is 5.82 Å². The van der Waals surface area contributed by atoms with Crippen LogP contribution in [0.2, 0.25) is 5.02 Å². The number of unbranched alkanes of at least 4 members (excludes halogenated alkanes) is 2. The number of thioether (sulfide) groups is 1. The zero-order valence-corrected chi connectivity index (χ0v) is 17.4. The van der Waals surface area contributed by atoms with Crippen LogP contribution in [-0.2, 0) is 4.79 Å². The molecule has 0 aliphatic carbocycles. The number of pyridine rings is 1. The predicted molar refractivity (Wildman–Crippen MR) is 110 cm³/mol. The monoisotopic (exact) mass is 407 g/mol. The molecule has 0 spiro atoms. The number of rotatable bonds is 10. The third-order valence-corrected chi connectivity index (χ3v) is 6.30. The molecule has 1 unspecified atom stereocenters. The van der Waals surface area contributed by atoms with Crippen molar-refractivity contribution in [2.45, 2.75) is 50.8 Å². The first-order valence-corrected chi connectivity index (χ1v) is 10.6. The summed E-state index contributed by atoms with van der Waals surface area (Å²) in [6.07, 6.45) is 8.85. The van der Waals surface area contributed by atoms with Gasteiger partial charge >= 0.3 is 5.97 Å². The lowest BCUT2D eigenvalue weighted by Gasteiger charge is -2.36. The second-order valence-electron chi connectivity index (χ2n) is 6.78. The molecule has 2 heterocycles. The minimum atomic E-state index is -0.933. The highest BCUT2D eigenvalue weighted by atomic mass is 35.5. The third kappa shape index (κ3) is 5.88. The molecule has 0 aromatic carbocycles. The third-order valence-electron chi connectivity index (χ3n) is 4.72. The second-order valence-corrected chi connectivity index (χ2v) is 8.24. The number of hydrogen-bond donors (Lipinski definition) is 1. The molecule has 7 heteroatoms. The van der Waals surface area contributed by atoms with Crippen molar-refractivity contribution in [1.82, 2.24) is 4.98 Å². The minimum Gasteiger partial charge on any atom is -0.477 e. The van der Waals surface area contributed by atoms with Gasteiger partial charge < -0.3 is 10.0 Å². The average molecular weight is 408 g/mol. The summed E-state index contributed by atoms with van der Waals surface area (Å²) < 4.78 is 0. The maximum absolute atomic E-state index is 11.8. The van der Waals surface area contributed by atoms with E-state index in [1.807, 2.05) is 11.0 Å². The van der Waals surface area contributed by atoms with Crippen molar-refractivity contribution in [3.63, 3.8) is 0 Å². The standard InChI is InChI=1S/C20H26ClN3O2S/c1-3-5-6-7-14(4-2)10-17(20(25)26)27-16-8-9-23-19(18(16)21)24-12-15(11-22)13-24/h8-10,14-15H,3-7,12-13H2,1-2H3,(H,25,26). The van der Waals surface area contributed by atoms with Crippen LogP contribution < -0.4 is 4.90 Å². The van der Waals surface area contributed by atoms with Gasteiger partial charge in [-0.05, 0) is 24.8 Å². The van der Waals surface area contributed by atoms with Crippen LogP contribution in [0.15, 0.2) is 28.1 Å². The first-order chi connectivity index (χ1) is 13.0. The topological polar surface area (TPSA) is 77.2 Å². The van der Waals surface area contributed by atoms with Crippen molar-refractivity contribution in [3.05, 3.63) is 28.3 Å². The van der Waals surface area contributed by atoms with E-state index < -0.39 is 5.97 Å². The Morgan fingerprint density at radius 2 is 2.26 bits per heavy atom. The molecule has 1 N–H and O–H groups in total. The van der Waals surface area contributed by atoms with E-state index in [0.29, 0.717) is 33.7 Å². The Balaban J connectivity index is 2.15. The maximum Gasteiger partial charge on any atom is 0.342 e. The lowest BCUT2D eigenvalue weighted by atomic mass is 9.98. The number of hydrogen-bond acceptors (Lipinski definition) is 5. The van der Waals surface area contributed by atoms with Crippen LogP contribution in [0, 0.1) is 23.2 Å². The quantitative estimate of drug-likeness (QED) is 0.319. The van der Waals surface area contributed by atoms with Crippen LogP contribution in [0.25, 0.3) is 0 Å². The number of halogens is 1. The van der Waals surface area contributed by atoms with Crippen molar-refractivity contribution in [2.75, 3.05) is 18.0 Å². The van der Waals surface area contributed by atoms with Gasteiger partial charge in [-0.1, -0.05) is 62.5 Å². The maximum atomic E-state index is 11.8. The lowest BCUT2D eigenvalue weighted by Crippen LogP contribution is -2.46. The molecule has 1 aliphatic rings. The number of anilines is 1. The normalized spacial score (nSPS) is 15.9. The highest BCUT2D eigenvalue weighted by molar-refractivity contribution is 8.04. The predicted octanol–water partition coefficient (Wildman–Crippen LogP) is 5.36. The summed E-state index contributed by atoms with van der Waals surface area (Å²) in [5, 5.41) is 19.0. The fraction of sp³-hybridized carbons (Fsp3) is 0.550. The molecular formula is C20H26ClN3O2S. The van der Waals surface area contributed by atoms with Gasteiger partial charge in [-0.2, -0.15) is 5.26 Å². The van der Waals surface area contributed by atoms with Gasteiger partial charge in [-0.3, -0.25) is 0 Å². The van der Waals surface area contributed by atoms with Crippen LogP contribution in [0.5, 0.6) is 0 Å². The number of aliphatic carboxylic acids is 1. The summed E-state index contributed by atoms with van der Waals surface area (Å²) in [6, 6.07) is 3.97. The molecule has 146 valence electrons. The molecule has 1 aromatic heterocycles. The van der Waals surface area contributed by atoms with E-state index >= 15 is 0 Å². The first kappa shape index (κ1) is 21.6. The van der Waals surface area contributed by atoms with Gasteiger partial charge in [0.2, 0.25) is 0 Å². The number of allylic oxidation sites excluding steroid dienone is 1. The van der Waals surface area contributed by atoms with E-state index in [1.54, 1.807) is 12.3 Å². The van der Waals surface area contributed by atoms with Gasteiger partial charge in [0.15, 0.2) is 0 Å². The Labute approximate surface area is 170 Å². The zero-order chi connectivity index (χ0) is 19.8. The molecule has 0 radical (unpaired) electrons. The van der Waals surface area contributed by atoms with Gasteiger partial charge in [-0.25, -0.2) is 9.78 Å². The number of nitrogens with zero attached hydrogens (tertiary/aromatic N) is 3. The summed E-state index contributed by atoms with van der Waals surface area (Å²) in [5.74, 6) is -0.0613. The van der Waals surface area contributed by atoms with Crippen molar-refractivity contribution in [2.24, 2.45) is 11.8 Å². The Morgan fingerprint density at radius 3 is 2.85 bits per heavy atom. The Morgan fingerprint density at radius 1 is 1.52 bits per heavy atom. The zero-order valence-electron chi connectivity index (χ0n) is 15.8. The molecule has 0 amide bonds. The summed E-state index contributed by atoms with van der Waals surface area (Å²) in [5.41, 5.74) is 0. The van der Waals surface area contributed by atoms with Gasteiger partial charge in [0.25, 0.3) is 0 Å². The largest absolute Gasteiger partial charge is 0.477 e. The van der Waals surface area contributed by atoms with Crippen molar-refractivity contribution < 1.29 is 9.90 Å². The first-order valence-electron chi connectivity index (χ1n) is 9.42. The summed E-state index contributed by atoms with van der Waals surface area (Å²) in [7, 11) is 0. The highest BCUT2D eigenvalue weighted by Gasteiger charge is 2.30. The molecule has 0 bridgehead atoms. The molecule has 1 saturated heterocycles. The molecule has 0 saturated carbocycles.